The van der Waals surface area contributed by atoms with E-state index >= 15 is 0 Å². The van der Waals surface area contributed by atoms with Crippen molar-refractivity contribution in [2.24, 2.45) is 5.16 Å². The Morgan fingerprint density at radius 2 is 2.48 bits per heavy atom. The Morgan fingerprint density at radius 1 is 1.56 bits per heavy atom. The van der Waals surface area contributed by atoms with E-state index in [0.29, 0.717) is 18.7 Å². The van der Waals surface area contributed by atoms with Gasteiger partial charge in [-0.1, -0.05) is 5.16 Å². The third kappa shape index (κ3) is 3.86. The number of oxime groups is 1. The van der Waals surface area contributed by atoms with Crippen molar-refractivity contribution in [1.29, 1.82) is 0 Å². The third-order valence-corrected chi connectivity index (χ3v) is 5.89. The largest absolute Gasteiger partial charge is 0.387 e. The van der Waals surface area contributed by atoms with Crippen LogP contribution in [0.1, 0.15) is 36.4 Å². The molecule has 0 radical (unpaired) electrons. The van der Waals surface area contributed by atoms with Crippen LogP contribution in [0.3, 0.4) is 0 Å². The number of likely N-dealkylation sites (tertiary alicyclic amines) is 1. The molecule has 3 aliphatic heterocycles. The third-order valence-electron chi connectivity index (χ3n) is 5.06. The van der Waals surface area contributed by atoms with Crippen LogP contribution >= 0.6 is 11.3 Å². The lowest BCUT2D eigenvalue weighted by Gasteiger charge is -2.21. The molecule has 2 atom stereocenters. The fraction of sp³-hybridized carbons (Fsp3) is 0.706. The van der Waals surface area contributed by atoms with Crippen molar-refractivity contribution in [3.05, 3.63) is 16.1 Å². The summed E-state index contributed by atoms with van der Waals surface area (Å²) in [6.07, 6.45) is 3.70. The molecule has 1 N–H and O–H groups in total. The minimum absolute atomic E-state index is 0.124. The van der Waals surface area contributed by atoms with Crippen molar-refractivity contribution in [2.75, 3.05) is 26.2 Å². The molecular weight excluding hydrogens is 340 g/mol. The van der Waals surface area contributed by atoms with E-state index in [2.05, 4.69) is 25.7 Å². The van der Waals surface area contributed by atoms with Gasteiger partial charge in [-0.05, 0) is 19.8 Å². The molecule has 8 heteroatoms. The van der Waals surface area contributed by atoms with Gasteiger partial charge in [-0.3, -0.25) is 9.69 Å². The summed E-state index contributed by atoms with van der Waals surface area (Å²) in [4.78, 5) is 24.9. The van der Waals surface area contributed by atoms with Gasteiger partial charge in [-0.2, -0.15) is 0 Å². The Labute approximate surface area is 151 Å². The number of ether oxygens (including phenoxy) is 1. The molecule has 0 bridgehead atoms. The topological polar surface area (TPSA) is 76.1 Å². The number of nitrogens with one attached hydrogen (secondary N) is 1. The highest BCUT2D eigenvalue weighted by atomic mass is 32.1. The van der Waals surface area contributed by atoms with E-state index in [0.717, 1.165) is 56.2 Å². The summed E-state index contributed by atoms with van der Waals surface area (Å²) in [7, 11) is 0. The summed E-state index contributed by atoms with van der Waals surface area (Å²) in [5.74, 6) is -0.124. The highest BCUT2D eigenvalue weighted by Crippen LogP contribution is 2.34. The first-order valence-electron chi connectivity index (χ1n) is 8.90. The van der Waals surface area contributed by atoms with Crippen LogP contribution in [0.5, 0.6) is 0 Å². The smallest absolute Gasteiger partial charge is 0.269 e. The van der Waals surface area contributed by atoms with Crippen LogP contribution in [0.25, 0.3) is 0 Å². The van der Waals surface area contributed by atoms with Gasteiger partial charge in [0.15, 0.2) is 5.60 Å². The van der Waals surface area contributed by atoms with Crippen LogP contribution in [0.15, 0.2) is 10.5 Å². The average Bonchev–Trinajstić information content (AvgIpc) is 3.37. The van der Waals surface area contributed by atoms with Gasteiger partial charge in [0.05, 0.1) is 16.8 Å². The predicted molar refractivity (Wildman–Crippen MR) is 94.6 cm³/mol. The van der Waals surface area contributed by atoms with Crippen LogP contribution in [-0.2, 0) is 20.9 Å². The minimum Gasteiger partial charge on any atom is -0.387 e. The Morgan fingerprint density at radius 3 is 3.24 bits per heavy atom. The fourth-order valence-electron chi connectivity index (χ4n) is 3.75. The summed E-state index contributed by atoms with van der Waals surface area (Å²) in [5, 5.41) is 10.2. The molecule has 7 nitrogen and oxygen atoms in total. The van der Waals surface area contributed by atoms with Crippen LogP contribution < -0.4 is 5.32 Å². The summed E-state index contributed by atoms with van der Waals surface area (Å²) >= 11 is 1.68. The summed E-state index contributed by atoms with van der Waals surface area (Å²) in [6.45, 7) is 5.93. The first-order valence-corrected chi connectivity index (χ1v) is 9.78. The van der Waals surface area contributed by atoms with E-state index in [-0.39, 0.29) is 17.6 Å². The second-order valence-corrected chi connectivity index (χ2v) is 8.21. The first-order chi connectivity index (χ1) is 12.1. The Hall–Kier alpha value is -1.51. The standard InChI is InChI=1S/C17H24N4O3S/c1-12-19-13(10-25-12)9-21-5-4-17(11-21)7-15(20-24-17)16(22)18-8-14-3-2-6-23-14/h10,14H,2-9,11H2,1H3,(H,18,22)/t14-,17-/m0/s1. The molecule has 3 aliphatic rings. The van der Waals surface area contributed by atoms with Gasteiger partial charge >= 0.3 is 0 Å². The van der Waals surface area contributed by atoms with Gasteiger partial charge in [0.2, 0.25) is 0 Å². The lowest BCUT2D eigenvalue weighted by atomic mass is 9.96. The summed E-state index contributed by atoms with van der Waals surface area (Å²) < 4.78 is 5.53. The number of rotatable bonds is 5. The van der Waals surface area contributed by atoms with Crippen molar-refractivity contribution in [3.63, 3.8) is 0 Å². The van der Waals surface area contributed by atoms with Crippen molar-refractivity contribution in [3.8, 4) is 0 Å². The second-order valence-electron chi connectivity index (χ2n) is 7.15. The zero-order chi connectivity index (χ0) is 17.3. The Balaban J connectivity index is 1.26. The number of nitrogens with zero attached hydrogens (tertiary/aromatic N) is 3. The number of carbonyl (C=O) groups excluding carboxylic acids is 1. The highest BCUT2D eigenvalue weighted by Gasteiger charge is 2.46. The van der Waals surface area contributed by atoms with Crippen LogP contribution in [0.2, 0.25) is 0 Å². The van der Waals surface area contributed by atoms with Gasteiger partial charge in [0.25, 0.3) is 5.91 Å². The number of hydrogen-bond donors (Lipinski definition) is 1. The Kier molecular flexibility index (Phi) is 4.75. The number of aromatic nitrogens is 1. The van der Waals surface area contributed by atoms with E-state index < -0.39 is 0 Å². The van der Waals surface area contributed by atoms with Crippen LogP contribution in [0.4, 0.5) is 0 Å². The van der Waals surface area contributed by atoms with Gasteiger partial charge in [-0.25, -0.2) is 4.98 Å². The van der Waals surface area contributed by atoms with Crippen molar-refractivity contribution >= 4 is 23.0 Å². The maximum Gasteiger partial charge on any atom is 0.269 e. The molecule has 0 unspecified atom stereocenters. The molecule has 25 heavy (non-hydrogen) atoms. The SMILES string of the molecule is Cc1nc(CN2CC[C@]3(CC(C(=O)NC[C@@H]4CCCO4)=NO3)C2)cs1. The molecule has 1 aromatic rings. The average molecular weight is 364 g/mol. The maximum atomic E-state index is 12.3. The highest BCUT2D eigenvalue weighted by molar-refractivity contribution is 7.09. The zero-order valence-corrected chi connectivity index (χ0v) is 15.3. The van der Waals surface area contributed by atoms with Crippen LogP contribution in [0, 0.1) is 6.92 Å². The molecular formula is C17H24N4O3S. The van der Waals surface area contributed by atoms with Crippen molar-refractivity contribution in [2.45, 2.75) is 50.9 Å². The van der Waals surface area contributed by atoms with E-state index in [1.165, 1.54) is 0 Å². The normalized spacial score (nSPS) is 29.2. The second kappa shape index (κ2) is 7.01. The van der Waals surface area contributed by atoms with Gasteiger partial charge in [-0.15, -0.1) is 11.3 Å². The fourth-order valence-corrected chi connectivity index (χ4v) is 4.35. The van der Waals surface area contributed by atoms with Gasteiger partial charge in [0, 0.05) is 51.0 Å². The van der Waals surface area contributed by atoms with Gasteiger partial charge < -0.3 is 14.9 Å². The van der Waals surface area contributed by atoms with E-state index in [4.69, 9.17) is 9.57 Å². The first kappa shape index (κ1) is 16.9. The maximum absolute atomic E-state index is 12.3. The lowest BCUT2D eigenvalue weighted by Crippen LogP contribution is -2.39. The van der Waals surface area contributed by atoms with Crippen LogP contribution in [-0.4, -0.2) is 59.4 Å². The van der Waals surface area contributed by atoms with E-state index in [9.17, 15) is 4.79 Å². The Bertz CT molecular complexity index is 671. The summed E-state index contributed by atoms with van der Waals surface area (Å²) in [5.41, 5.74) is 1.26. The van der Waals surface area contributed by atoms with Crippen molar-refractivity contribution in [1.82, 2.24) is 15.2 Å². The zero-order valence-electron chi connectivity index (χ0n) is 14.5. The van der Waals surface area contributed by atoms with Crippen molar-refractivity contribution < 1.29 is 14.4 Å². The molecule has 4 rings (SSSR count). The quantitative estimate of drug-likeness (QED) is 0.856. The number of aryl methyl sites for hydroxylation is 1. The lowest BCUT2D eigenvalue weighted by molar-refractivity contribution is -0.115. The summed E-state index contributed by atoms with van der Waals surface area (Å²) in [6, 6.07) is 0. The predicted octanol–water partition coefficient (Wildman–Crippen LogP) is 1.47. The van der Waals surface area contributed by atoms with Gasteiger partial charge in [0.1, 0.15) is 5.71 Å². The van der Waals surface area contributed by atoms with E-state index in [1.54, 1.807) is 11.3 Å². The van der Waals surface area contributed by atoms with E-state index in [1.807, 2.05) is 6.92 Å². The number of thiazole rings is 1. The molecule has 1 spiro atoms. The molecule has 0 aliphatic carbocycles. The number of carbonyl (C=O) groups is 1. The molecule has 2 fully saturated rings. The number of hydrogen-bond acceptors (Lipinski definition) is 7. The molecule has 1 amide bonds. The molecule has 0 aromatic carbocycles. The molecule has 1 aromatic heterocycles. The monoisotopic (exact) mass is 364 g/mol. The molecule has 136 valence electrons. The minimum atomic E-state index is -0.346. The number of amides is 1. The molecule has 4 heterocycles. The molecule has 0 saturated carbocycles. The molecule has 2 saturated heterocycles.